The molecule has 0 spiro atoms. The molecule has 1 N–H and O–H groups in total. The maximum absolute atomic E-state index is 5.58. The molecule has 1 aliphatic carbocycles. The summed E-state index contributed by atoms with van der Waals surface area (Å²) >= 11 is 0. The number of nitrogens with zero attached hydrogens (tertiary/aromatic N) is 1. The summed E-state index contributed by atoms with van der Waals surface area (Å²) in [4.78, 5) is 5.01. The lowest BCUT2D eigenvalue weighted by Crippen LogP contribution is -2.05. The number of hydrogen-bond acceptors (Lipinski definition) is 4. The second-order valence-corrected chi connectivity index (χ2v) is 8.73. The Bertz CT molecular complexity index is 1260. The van der Waals surface area contributed by atoms with Gasteiger partial charge in [-0.05, 0) is 54.7 Å². The SMILES string of the molecule is c1ccc(-c2cc(Nc3ccc4c(c3)OCO4)c3cc(C4CCCCC4)ccc3n2)cc1. The van der Waals surface area contributed by atoms with E-state index in [0.29, 0.717) is 5.92 Å². The predicted molar refractivity (Wildman–Crippen MR) is 129 cm³/mol. The quantitative estimate of drug-likeness (QED) is 0.371. The molecule has 160 valence electrons. The first-order valence-corrected chi connectivity index (χ1v) is 11.5. The summed E-state index contributed by atoms with van der Waals surface area (Å²) in [5.74, 6) is 2.22. The van der Waals surface area contributed by atoms with Crippen LogP contribution in [0.2, 0.25) is 0 Å². The van der Waals surface area contributed by atoms with Crippen LogP contribution in [0.4, 0.5) is 11.4 Å². The van der Waals surface area contributed by atoms with E-state index in [0.717, 1.165) is 45.0 Å². The number of fused-ring (bicyclic) bond motifs is 2. The number of aromatic nitrogens is 1. The fourth-order valence-corrected chi connectivity index (χ4v) is 4.92. The number of anilines is 2. The van der Waals surface area contributed by atoms with Gasteiger partial charge < -0.3 is 14.8 Å². The summed E-state index contributed by atoms with van der Waals surface area (Å²) in [7, 11) is 0. The summed E-state index contributed by atoms with van der Waals surface area (Å²) in [5, 5.41) is 4.80. The van der Waals surface area contributed by atoms with Crippen molar-refractivity contribution in [2.75, 3.05) is 12.1 Å². The minimum absolute atomic E-state index is 0.278. The van der Waals surface area contributed by atoms with E-state index in [2.05, 4.69) is 53.8 Å². The van der Waals surface area contributed by atoms with Crippen molar-refractivity contribution in [2.24, 2.45) is 0 Å². The lowest BCUT2D eigenvalue weighted by atomic mass is 9.83. The van der Waals surface area contributed by atoms with E-state index in [4.69, 9.17) is 14.5 Å². The molecule has 2 aliphatic rings. The van der Waals surface area contributed by atoms with Gasteiger partial charge >= 0.3 is 0 Å². The van der Waals surface area contributed by atoms with Crippen LogP contribution in [0.3, 0.4) is 0 Å². The molecule has 4 heteroatoms. The maximum Gasteiger partial charge on any atom is 0.231 e. The Kier molecular flexibility index (Phi) is 4.91. The number of pyridine rings is 1. The van der Waals surface area contributed by atoms with Gasteiger partial charge in [0.1, 0.15) is 0 Å². The fraction of sp³-hybridized carbons (Fsp3) is 0.250. The van der Waals surface area contributed by atoms with Gasteiger partial charge in [-0.1, -0.05) is 55.7 Å². The molecule has 0 bridgehead atoms. The zero-order valence-electron chi connectivity index (χ0n) is 18.0. The molecule has 4 nitrogen and oxygen atoms in total. The Labute approximate surface area is 188 Å². The van der Waals surface area contributed by atoms with Gasteiger partial charge in [0.2, 0.25) is 6.79 Å². The van der Waals surface area contributed by atoms with E-state index in [1.165, 1.54) is 37.7 Å². The molecular formula is C28H26N2O2. The fourth-order valence-electron chi connectivity index (χ4n) is 4.92. The van der Waals surface area contributed by atoms with Gasteiger partial charge in [0.05, 0.1) is 16.9 Å². The highest BCUT2D eigenvalue weighted by Crippen LogP contribution is 2.39. The second kappa shape index (κ2) is 8.19. The van der Waals surface area contributed by atoms with Crippen molar-refractivity contribution in [3.8, 4) is 22.8 Å². The molecule has 1 aromatic heterocycles. The number of ether oxygens (including phenoxy) is 2. The van der Waals surface area contributed by atoms with Crippen molar-refractivity contribution in [3.05, 3.63) is 78.4 Å². The third kappa shape index (κ3) is 3.66. The minimum atomic E-state index is 0.278. The van der Waals surface area contributed by atoms with Gasteiger partial charge in [-0.15, -0.1) is 0 Å². The molecule has 3 aromatic carbocycles. The third-order valence-corrected chi connectivity index (χ3v) is 6.63. The standard InChI is InChI=1S/C28H26N2O2/c1-3-7-19(8-4-1)21-11-13-24-23(15-21)26(17-25(30-24)20-9-5-2-6-10-20)29-22-12-14-27-28(16-22)32-18-31-27/h2,5-6,9-17,19H,1,3-4,7-8,18H2,(H,29,30). The smallest absolute Gasteiger partial charge is 0.231 e. The first-order valence-electron chi connectivity index (χ1n) is 11.5. The highest BCUT2D eigenvalue weighted by molar-refractivity contribution is 5.96. The van der Waals surface area contributed by atoms with E-state index in [-0.39, 0.29) is 6.79 Å². The van der Waals surface area contributed by atoms with Crippen molar-refractivity contribution in [1.29, 1.82) is 0 Å². The first kappa shape index (κ1) is 19.2. The lowest BCUT2D eigenvalue weighted by molar-refractivity contribution is 0.174. The van der Waals surface area contributed by atoms with Crippen LogP contribution in [0.5, 0.6) is 11.5 Å². The monoisotopic (exact) mass is 422 g/mol. The summed E-state index contributed by atoms with van der Waals surface area (Å²) < 4.78 is 11.1. The molecule has 4 aromatic rings. The van der Waals surface area contributed by atoms with Crippen LogP contribution < -0.4 is 14.8 Å². The Morgan fingerprint density at radius 3 is 2.50 bits per heavy atom. The molecule has 0 radical (unpaired) electrons. The van der Waals surface area contributed by atoms with Crippen molar-refractivity contribution in [3.63, 3.8) is 0 Å². The van der Waals surface area contributed by atoms with Crippen molar-refractivity contribution >= 4 is 22.3 Å². The summed E-state index contributed by atoms with van der Waals surface area (Å²) in [6, 6.07) is 25.3. The molecule has 1 aliphatic heterocycles. The molecular weight excluding hydrogens is 396 g/mol. The van der Waals surface area contributed by atoms with Gasteiger partial charge in [0, 0.05) is 22.7 Å². The average molecular weight is 423 g/mol. The molecule has 2 heterocycles. The Hall–Kier alpha value is -3.53. The molecule has 6 rings (SSSR count). The molecule has 0 unspecified atom stereocenters. The first-order chi connectivity index (χ1) is 15.8. The molecule has 32 heavy (non-hydrogen) atoms. The largest absolute Gasteiger partial charge is 0.454 e. The summed E-state index contributed by atoms with van der Waals surface area (Å²) in [6.07, 6.45) is 6.59. The Morgan fingerprint density at radius 2 is 1.62 bits per heavy atom. The van der Waals surface area contributed by atoms with E-state index >= 15 is 0 Å². The normalized spacial score (nSPS) is 15.8. The van der Waals surface area contributed by atoms with Gasteiger partial charge in [0.15, 0.2) is 11.5 Å². The highest BCUT2D eigenvalue weighted by Gasteiger charge is 2.18. The number of hydrogen-bond donors (Lipinski definition) is 1. The van der Waals surface area contributed by atoms with Gasteiger partial charge in [-0.25, -0.2) is 4.98 Å². The Morgan fingerprint density at radius 1 is 0.781 bits per heavy atom. The van der Waals surface area contributed by atoms with Crippen LogP contribution >= 0.6 is 0 Å². The van der Waals surface area contributed by atoms with Gasteiger partial charge in [-0.3, -0.25) is 0 Å². The van der Waals surface area contributed by atoms with Gasteiger partial charge in [-0.2, -0.15) is 0 Å². The van der Waals surface area contributed by atoms with Crippen LogP contribution in [-0.4, -0.2) is 11.8 Å². The maximum atomic E-state index is 5.58. The van der Waals surface area contributed by atoms with Crippen LogP contribution in [0.25, 0.3) is 22.2 Å². The molecule has 0 amide bonds. The van der Waals surface area contributed by atoms with Crippen LogP contribution in [0.1, 0.15) is 43.6 Å². The van der Waals surface area contributed by atoms with Crippen LogP contribution in [0.15, 0.2) is 72.8 Å². The van der Waals surface area contributed by atoms with E-state index in [1.807, 2.05) is 24.3 Å². The topological polar surface area (TPSA) is 43.4 Å². The minimum Gasteiger partial charge on any atom is -0.454 e. The molecule has 0 saturated heterocycles. The summed E-state index contributed by atoms with van der Waals surface area (Å²) in [6.45, 7) is 0.278. The Balaban J connectivity index is 1.45. The number of nitrogens with one attached hydrogen (secondary N) is 1. The average Bonchev–Trinajstić information content (AvgIpc) is 3.33. The predicted octanol–water partition coefficient (Wildman–Crippen LogP) is 7.42. The highest BCUT2D eigenvalue weighted by atomic mass is 16.7. The second-order valence-electron chi connectivity index (χ2n) is 8.73. The van der Waals surface area contributed by atoms with E-state index in [9.17, 15) is 0 Å². The number of benzene rings is 3. The molecule has 0 atom stereocenters. The molecule has 1 saturated carbocycles. The van der Waals surface area contributed by atoms with E-state index in [1.54, 1.807) is 0 Å². The number of rotatable bonds is 4. The van der Waals surface area contributed by atoms with Crippen molar-refractivity contribution < 1.29 is 9.47 Å². The van der Waals surface area contributed by atoms with Crippen LogP contribution in [0, 0.1) is 0 Å². The lowest BCUT2D eigenvalue weighted by Gasteiger charge is -2.22. The summed E-state index contributed by atoms with van der Waals surface area (Å²) in [5.41, 5.74) is 6.55. The molecule has 1 fully saturated rings. The van der Waals surface area contributed by atoms with Crippen molar-refractivity contribution in [2.45, 2.75) is 38.0 Å². The van der Waals surface area contributed by atoms with Gasteiger partial charge in [0.25, 0.3) is 0 Å². The zero-order chi connectivity index (χ0) is 21.3. The van der Waals surface area contributed by atoms with Crippen molar-refractivity contribution in [1.82, 2.24) is 4.98 Å². The van der Waals surface area contributed by atoms with E-state index < -0.39 is 0 Å². The van der Waals surface area contributed by atoms with Crippen LogP contribution in [-0.2, 0) is 0 Å². The zero-order valence-corrected chi connectivity index (χ0v) is 18.0. The third-order valence-electron chi connectivity index (χ3n) is 6.63.